The van der Waals surface area contributed by atoms with Crippen LogP contribution in [-0.2, 0) is 32.1 Å². The number of carboxylic acids is 2. The number of ether oxygens (including phenoxy) is 1. The fourth-order valence-electron chi connectivity index (χ4n) is 2.87. The second-order valence-electron chi connectivity index (χ2n) is 7.14. The number of nitrogens with zero attached hydrogens (tertiary/aromatic N) is 4. The Kier molecular flexibility index (Phi) is 9.37. The van der Waals surface area contributed by atoms with Crippen molar-refractivity contribution in [1.29, 1.82) is 0 Å². The quantitative estimate of drug-likeness (QED) is 0.0750. The molecule has 0 aromatic carbocycles. The van der Waals surface area contributed by atoms with Crippen LogP contribution in [0, 0.1) is 0 Å². The van der Waals surface area contributed by atoms with E-state index in [1.807, 2.05) is 0 Å². The summed E-state index contributed by atoms with van der Waals surface area (Å²) >= 11 is 0. The summed E-state index contributed by atoms with van der Waals surface area (Å²) in [6, 6.07) is 0. The van der Waals surface area contributed by atoms with Crippen molar-refractivity contribution in [2.24, 2.45) is 0 Å². The highest BCUT2D eigenvalue weighted by Crippen LogP contribution is 2.20. The Bertz CT molecular complexity index is 878. The predicted octanol–water partition coefficient (Wildman–Crippen LogP) is -1.73. The van der Waals surface area contributed by atoms with Gasteiger partial charge in [0.1, 0.15) is 24.0 Å². The number of aliphatic hydroxyl groups is 1. The molecule has 1 saturated heterocycles. The minimum absolute atomic E-state index is 0.0294. The van der Waals surface area contributed by atoms with E-state index in [-0.39, 0.29) is 49.6 Å². The molecule has 1 amide bonds. The predicted molar refractivity (Wildman–Crippen MR) is 108 cm³/mol. The van der Waals surface area contributed by atoms with Gasteiger partial charge in [-0.25, -0.2) is 9.48 Å². The minimum atomic E-state index is -1.41. The van der Waals surface area contributed by atoms with Gasteiger partial charge in [0.15, 0.2) is 0 Å². The zero-order valence-electron chi connectivity index (χ0n) is 17.2. The number of aliphatic carboxylic acids is 2. The topological polar surface area (TPSA) is 196 Å². The molecule has 1 aliphatic rings. The van der Waals surface area contributed by atoms with Gasteiger partial charge in [-0.2, -0.15) is 0 Å². The fourth-order valence-corrected chi connectivity index (χ4v) is 2.87. The second-order valence-corrected chi connectivity index (χ2v) is 7.14. The third-order valence-electron chi connectivity index (χ3n) is 4.53. The molecule has 2 rings (SSSR count). The van der Waals surface area contributed by atoms with Crippen molar-refractivity contribution in [2.75, 3.05) is 19.7 Å². The van der Waals surface area contributed by atoms with E-state index in [1.165, 1.54) is 17.2 Å². The molecule has 0 unspecified atom stereocenters. The lowest BCUT2D eigenvalue weighted by Crippen LogP contribution is -2.55. The highest BCUT2D eigenvalue weighted by molar-refractivity contribution is 6.40. The van der Waals surface area contributed by atoms with Gasteiger partial charge >= 0.3 is 19.1 Å². The number of carbonyl (C=O) groups excluding carboxylic acids is 1. The molecule has 0 bridgehead atoms. The van der Waals surface area contributed by atoms with E-state index in [0.29, 0.717) is 18.5 Å². The molecule has 0 aliphatic carbocycles. The number of amides is 1. The summed E-state index contributed by atoms with van der Waals surface area (Å²) < 4.78 is 6.78. The van der Waals surface area contributed by atoms with E-state index in [2.05, 4.69) is 10.3 Å². The maximum absolute atomic E-state index is 12.3. The highest BCUT2D eigenvalue weighted by atomic mass is 16.5. The van der Waals surface area contributed by atoms with E-state index >= 15 is 0 Å². The average molecular weight is 452 g/mol. The number of likely N-dealkylation sites (tertiary alicyclic amines) is 1. The molecule has 174 valence electrons. The normalized spacial score (nSPS) is 14.8. The third kappa shape index (κ3) is 7.79. The number of rotatable bonds is 13. The number of carbonyl (C=O) groups is 3. The van der Waals surface area contributed by atoms with E-state index in [1.54, 1.807) is 6.08 Å². The molecule has 1 aromatic heterocycles. The number of allylic oxidation sites excluding steroid dienone is 2. The fraction of sp³-hybridized carbons (Fsp3) is 0.500. The van der Waals surface area contributed by atoms with Crippen molar-refractivity contribution < 1.29 is 44.5 Å². The molecule has 1 aliphatic heterocycles. The zero-order chi connectivity index (χ0) is 23.7. The molecule has 2 heterocycles. The van der Waals surface area contributed by atoms with Crippen LogP contribution in [0.1, 0.15) is 18.5 Å². The van der Waals surface area contributed by atoms with Gasteiger partial charge in [-0.3, -0.25) is 9.59 Å². The summed E-state index contributed by atoms with van der Waals surface area (Å²) in [5.74, 6) is -2.72. The van der Waals surface area contributed by atoms with Crippen LogP contribution < -0.4 is 0 Å². The monoisotopic (exact) mass is 452 g/mol. The van der Waals surface area contributed by atoms with Gasteiger partial charge in [-0.1, -0.05) is 17.7 Å². The van der Waals surface area contributed by atoms with Crippen LogP contribution in [0.2, 0.25) is 6.32 Å². The van der Waals surface area contributed by atoms with Gasteiger partial charge in [-0.05, 0) is 18.8 Å². The molecule has 5 N–H and O–H groups in total. The van der Waals surface area contributed by atoms with Crippen LogP contribution in [0.4, 0.5) is 0 Å². The van der Waals surface area contributed by atoms with Crippen molar-refractivity contribution in [2.45, 2.75) is 38.2 Å². The van der Waals surface area contributed by atoms with Crippen LogP contribution in [-0.4, -0.2) is 96.0 Å². The Hall–Kier alpha value is -3.23. The molecule has 0 saturated carbocycles. The number of hydrogen-bond acceptors (Lipinski definition) is 9. The molecule has 1 aromatic rings. The lowest BCUT2D eigenvalue weighted by molar-refractivity contribution is -0.142. The van der Waals surface area contributed by atoms with E-state index < -0.39 is 31.8 Å². The van der Waals surface area contributed by atoms with E-state index in [4.69, 9.17) is 19.9 Å². The summed E-state index contributed by atoms with van der Waals surface area (Å²) in [6.07, 6.45) is 4.94. The highest BCUT2D eigenvalue weighted by Gasteiger charge is 2.33. The molecule has 13 nitrogen and oxygen atoms in total. The summed E-state index contributed by atoms with van der Waals surface area (Å²) in [7, 11) is -1.41. The number of aromatic nitrogens is 3. The van der Waals surface area contributed by atoms with Crippen LogP contribution in [0.15, 0.2) is 29.7 Å². The molecule has 1 fully saturated rings. The Morgan fingerprint density at radius 3 is 2.56 bits per heavy atom. The van der Waals surface area contributed by atoms with Crippen LogP contribution in [0.25, 0.3) is 0 Å². The average Bonchev–Trinajstić information content (AvgIpc) is 3.09. The van der Waals surface area contributed by atoms with Crippen molar-refractivity contribution >= 4 is 25.0 Å². The molecular formula is C18H25BN4O9. The zero-order valence-corrected chi connectivity index (χ0v) is 17.2. The van der Waals surface area contributed by atoms with Crippen LogP contribution >= 0.6 is 0 Å². The van der Waals surface area contributed by atoms with Crippen molar-refractivity contribution in [3.8, 4) is 0 Å². The van der Waals surface area contributed by atoms with Gasteiger partial charge in [0.25, 0.3) is 0 Å². The van der Waals surface area contributed by atoms with E-state index in [0.717, 1.165) is 4.68 Å². The number of carboxylic acid groups (broad SMARTS) is 2. The summed E-state index contributed by atoms with van der Waals surface area (Å²) in [5.41, 5.74) is -0.00570. The van der Waals surface area contributed by atoms with Gasteiger partial charge in [0.05, 0.1) is 31.8 Å². The Labute approximate surface area is 183 Å². The maximum atomic E-state index is 12.3. The molecule has 0 radical (unpaired) electrons. The van der Waals surface area contributed by atoms with Crippen molar-refractivity contribution in [3.63, 3.8) is 0 Å². The van der Waals surface area contributed by atoms with Gasteiger partial charge < -0.3 is 35.0 Å². The SMILES string of the molecule is O=C(O)Cn1cc(CC(=O)N2CC(OC(/C=C\CCCB(O)O)=C(/CO)C(=O)O)C2)nn1. The molecule has 0 spiro atoms. The lowest BCUT2D eigenvalue weighted by atomic mass is 9.84. The lowest BCUT2D eigenvalue weighted by Gasteiger charge is -2.39. The van der Waals surface area contributed by atoms with Crippen molar-refractivity contribution in [1.82, 2.24) is 19.9 Å². The first-order valence-electron chi connectivity index (χ1n) is 9.84. The number of unbranched alkanes of at least 4 members (excludes halogenated alkanes) is 1. The second kappa shape index (κ2) is 12.0. The summed E-state index contributed by atoms with van der Waals surface area (Å²) in [4.78, 5) is 35.8. The standard InChI is InChI=1S/C18H25BN4O9/c24-11-14(18(28)29)15(4-2-1-3-5-19(30)31)32-13-8-22(9-13)16(25)6-12-7-23(21-20-12)10-17(26)27/h2,4,7,13,24,30-31H,1,3,5-6,8-11H2,(H,26,27)(H,28,29)/b4-2-,15-14-. The van der Waals surface area contributed by atoms with Crippen LogP contribution in [0.5, 0.6) is 0 Å². The Morgan fingerprint density at radius 2 is 1.97 bits per heavy atom. The minimum Gasteiger partial charge on any atom is -0.486 e. The third-order valence-corrected chi connectivity index (χ3v) is 4.53. The largest absolute Gasteiger partial charge is 0.486 e. The summed E-state index contributed by atoms with van der Waals surface area (Å²) in [6.45, 7) is -0.699. The van der Waals surface area contributed by atoms with Crippen molar-refractivity contribution in [3.05, 3.63) is 35.4 Å². The van der Waals surface area contributed by atoms with Gasteiger partial charge in [0.2, 0.25) is 5.91 Å². The molecule has 14 heteroatoms. The first-order valence-corrected chi connectivity index (χ1v) is 9.84. The maximum Gasteiger partial charge on any atom is 0.451 e. The first kappa shape index (κ1) is 25.0. The van der Waals surface area contributed by atoms with Gasteiger partial charge in [-0.15, -0.1) is 5.10 Å². The number of hydrogen-bond donors (Lipinski definition) is 5. The number of aliphatic hydroxyl groups excluding tert-OH is 1. The van der Waals surface area contributed by atoms with Crippen LogP contribution in [0.3, 0.4) is 0 Å². The Morgan fingerprint density at radius 1 is 1.25 bits per heavy atom. The molecular weight excluding hydrogens is 427 g/mol. The van der Waals surface area contributed by atoms with E-state index in [9.17, 15) is 24.6 Å². The first-order chi connectivity index (χ1) is 15.2. The molecule has 32 heavy (non-hydrogen) atoms. The Balaban J connectivity index is 1.89. The smallest absolute Gasteiger partial charge is 0.451 e. The molecule has 0 atom stereocenters. The summed E-state index contributed by atoms with van der Waals surface area (Å²) in [5, 5.41) is 52.4. The van der Waals surface area contributed by atoms with Gasteiger partial charge in [0, 0.05) is 6.20 Å².